The van der Waals surface area contributed by atoms with E-state index in [-0.39, 0.29) is 25.8 Å². The minimum Gasteiger partial charge on any atom is -0.460 e. The molecule has 4 aromatic rings. The molecule has 0 unspecified atom stereocenters. The standard InChI is InChI=1S/C22H21N5O2.CH4/c1-2-29-22(28)21-26-19(18-20(27-21)25-14-24-18)23-13-17(15-9-5-3-6-10-15)16-11-7-4-8-12-16;/h3-12,14,17H,2,13H2,1H3,(H2,23,24,25,26,27);1H4. The number of ether oxygens (including phenoxy) is 1. The molecule has 0 bridgehead atoms. The molecule has 0 fully saturated rings. The number of H-pyrrole nitrogens is 1. The van der Waals surface area contributed by atoms with Crippen LogP contribution in [0, 0.1) is 0 Å². The van der Waals surface area contributed by atoms with Crippen molar-refractivity contribution in [3.8, 4) is 0 Å². The number of hydrogen-bond donors (Lipinski definition) is 2. The van der Waals surface area contributed by atoms with Gasteiger partial charge in [-0.3, -0.25) is 0 Å². The zero-order valence-corrected chi connectivity index (χ0v) is 16.0. The van der Waals surface area contributed by atoms with Crippen LogP contribution in [0.2, 0.25) is 0 Å². The van der Waals surface area contributed by atoms with E-state index in [1.54, 1.807) is 6.92 Å². The van der Waals surface area contributed by atoms with E-state index in [9.17, 15) is 4.79 Å². The molecule has 0 aliphatic carbocycles. The van der Waals surface area contributed by atoms with E-state index < -0.39 is 5.97 Å². The third kappa shape index (κ3) is 4.46. The van der Waals surface area contributed by atoms with Crippen molar-refractivity contribution >= 4 is 23.0 Å². The highest BCUT2D eigenvalue weighted by Gasteiger charge is 2.19. The number of rotatable bonds is 7. The Morgan fingerprint density at radius 2 is 1.67 bits per heavy atom. The van der Waals surface area contributed by atoms with Crippen LogP contribution in [0.3, 0.4) is 0 Å². The fraction of sp³-hybridized carbons (Fsp3) is 0.217. The van der Waals surface area contributed by atoms with Crippen molar-refractivity contribution in [1.82, 2.24) is 19.9 Å². The van der Waals surface area contributed by atoms with Crippen molar-refractivity contribution in [3.63, 3.8) is 0 Å². The SMILES string of the molecule is C.CCOC(=O)c1nc(NCC(c2ccccc2)c2ccccc2)c2[nH]cnc2n1. The summed E-state index contributed by atoms with van der Waals surface area (Å²) in [6.45, 7) is 2.59. The zero-order chi connectivity index (χ0) is 20.1. The maximum atomic E-state index is 12.1. The van der Waals surface area contributed by atoms with Gasteiger partial charge < -0.3 is 15.0 Å². The van der Waals surface area contributed by atoms with Crippen LogP contribution in [0.15, 0.2) is 67.0 Å². The van der Waals surface area contributed by atoms with Crippen LogP contribution in [0.5, 0.6) is 0 Å². The van der Waals surface area contributed by atoms with Gasteiger partial charge in [0.15, 0.2) is 11.5 Å². The lowest BCUT2D eigenvalue weighted by Crippen LogP contribution is -2.17. The molecule has 0 saturated heterocycles. The second-order valence-electron chi connectivity index (χ2n) is 6.47. The molecule has 30 heavy (non-hydrogen) atoms. The quantitative estimate of drug-likeness (QED) is 0.444. The summed E-state index contributed by atoms with van der Waals surface area (Å²) in [5.41, 5.74) is 3.44. The first-order chi connectivity index (χ1) is 14.3. The highest BCUT2D eigenvalue weighted by molar-refractivity contribution is 5.91. The van der Waals surface area contributed by atoms with Crippen molar-refractivity contribution in [2.24, 2.45) is 0 Å². The van der Waals surface area contributed by atoms with Crippen LogP contribution >= 0.6 is 0 Å². The first-order valence-electron chi connectivity index (χ1n) is 9.48. The molecule has 154 valence electrons. The number of esters is 1. The summed E-state index contributed by atoms with van der Waals surface area (Å²) in [4.78, 5) is 27.9. The molecular weight excluding hydrogens is 378 g/mol. The maximum absolute atomic E-state index is 12.1. The first-order valence-corrected chi connectivity index (χ1v) is 9.48. The molecule has 0 aliphatic heterocycles. The number of carbonyl (C=O) groups excluding carboxylic acids is 1. The normalized spacial score (nSPS) is 10.6. The summed E-state index contributed by atoms with van der Waals surface area (Å²) in [5, 5.41) is 3.38. The van der Waals surface area contributed by atoms with Crippen LogP contribution in [0.4, 0.5) is 5.82 Å². The van der Waals surface area contributed by atoms with Gasteiger partial charge in [-0.1, -0.05) is 68.1 Å². The molecular formula is C23H25N5O2. The Labute approximate surface area is 175 Å². The van der Waals surface area contributed by atoms with E-state index in [1.807, 2.05) is 36.4 Å². The summed E-state index contributed by atoms with van der Waals surface area (Å²) in [6.07, 6.45) is 1.53. The minimum atomic E-state index is -0.567. The summed E-state index contributed by atoms with van der Waals surface area (Å²) in [6, 6.07) is 20.6. The number of anilines is 1. The third-order valence-corrected chi connectivity index (χ3v) is 4.62. The van der Waals surface area contributed by atoms with Gasteiger partial charge in [-0.15, -0.1) is 0 Å². The molecule has 0 aliphatic rings. The van der Waals surface area contributed by atoms with Crippen LogP contribution in [-0.4, -0.2) is 39.1 Å². The Bertz CT molecular complexity index is 1060. The summed E-state index contributed by atoms with van der Waals surface area (Å²) in [7, 11) is 0. The highest BCUT2D eigenvalue weighted by atomic mass is 16.5. The molecule has 0 radical (unpaired) electrons. The van der Waals surface area contributed by atoms with Crippen LogP contribution in [0.25, 0.3) is 11.2 Å². The average molecular weight is 403 g/mol. The third-order valence-electron chi connectivity index (χ3n) is 4.62. The second kappa shape index (κ2) is 9.65. The predicted octanol–water partition coefficient (Wildman–Crippen LogP) is 4.41. The molecule has 7 heteroatoms. The molecule has 2 N–H and O–H groups in total. The van der Waals surface area contributed by atoms with Crippen molar-refractivity contribution < 1.29 is 9.53 Å². The summed E-state index contributed by atoms with van der Waals surface area (Å²) in [5.74, 6) is 0.0526. The Balaban J connectivity index is 0.00000256. The van der Waals surface area contributed by atoms with Crippen molar-refractivity contribution in [3.05, 3.63) is 83.9 Å². The number of fused-ring (bicyclic) bond motifs is 1. The number of hydrogen-bond acceptors (Lipinski definition) is 6. The summed E-state index contributed by atoms with van der Waals surface area (Å²) < 4.78 is 5.04. The van der Waals surface area contributed by atoms with Crippen molar-refractivity contribution in [2.45, 2.75) is 20.3 Å². The number of nitrogens with one attached hydrogen (secondary N) is 2. The van der Waals surface area contributed by atoms with Gasteiger partial charge in [0, 0.05) is 12.5 Å². The molecule has 2 aromatic heterocycles. The fourth-order valence-electron chi connectivity index (χ4n) is 3.25. The zero-order valence-electron chi connectivity index (χ0n) is 16.0. The lowest BCUT2D eigenvalue weighted by Gasteiger charge is -2.19. The van der Waals surface area contributed by atoms with Gasteiger partial charge in [0.05, 0.1) is 12.9 Å². The number of carbonyl (C=O) groups is 1. The molecule has 4 rings (SSSR count). The maximum Gasteiger partial charge on any atom is 0.376 e. The lowest BCUT2D eigenvalue weighted by molar-refractivity contribution is 0.0512. The lowest BCUT2D eigenvalue weighted by atomic mass is 9.91. The summed E-state index contributed by atoms with van der Waals surface area (Å²) >= 11 is 0. The number of nitrogens with zero attached hydrogens (tertiary/aromatic N) is 3. The molecule has 0 amide bonds. The molecule has 0 spiro atoms. The van der Waals surface area contributed by atoms with Crippen molar-refractivity contribution in [1.29, 1.82) is 0 Å². The predicted molar refractivity (Wildman–Crippen MR) is 118 cm³/mol. The number of benzene rings is 2. The molecule has 7 nitrogen and oxygen atoms in total. The molecule has 2 aromatic carbocycles. The van der Waals surface area contributed by atoms with Crippen molar-refractivity contribution in [2.75, 3.05) is 18.5 Å². The number of imidazole rings is 1. The molecule has 0 saturated carbocycles. The van der Waals surface area contributed by atoms with Gasteiger partial charge in [-0.05, 0) is 18.1 Å². The Hall–Kier alpha value is -3.74. The second-order valence-corrected chi connectivity index (χ2v) is 6.47. The average Bonchev–Trinajstić information content (AvgIpc) is 3.24. The van der Waals surface area contributed by atoms with E-state index in [0.717, 1.165) is 0 Å². The van der Waals surface area contributed by atoms with Crippen LogP contribution in [0.1, 0.15) is 42.0 Å². The smallest absolute Gasteiger partial charge is 0.376 e. The van der Waals surface area contributed by atoms with E-state index in [2.05, 4.69) is 49.5 Å². The van der Waals surface area contributed by atoms with Gasteiger partial charge in [-0.2, -0.15) is 0 Å². The van der Waals surface area contributed by atoms with Gasteiger partial charge >= 0.3 is 5.97 Å². The van der Waals surface area contributed by atoms with Gasteiger partial charge in [0.25, 0.3) is 0 Å². The van der Waals surface area contributed by atoms with Gasteiger partial charge in [0.2, 0.25) is 5.82 Å². The number of aromatic nitrogens is 4. The van der Waals surface area contributed by atoms with Gasteiger partial charge in [-0.25, -0.2) is 19.7 Å². The topological polar surface area (TPSA) is 92.8 Å². The van der Waals surface area contributed by atoms with Crippen LogP contribution in [-0.2, 0) is 4.74 Å². The monoisotopic (exact) mass is 403 g/mol. The Morgan fingerprint density at radius 1 is 1.03 bits per heavy atom. The van der Waals surface area contributed by atoms with E-state index >= 15 is 0 Å². The Kier molecular flexibility index (Phi) is 6.75. The van der Waals surface area contributed by atoms with E-state index in [4.69, 9.17) is 4.74 Å². The minimum absolute atomic E-state index is 0. The van der Waals surface area contributed by atoms with E-state index in [0.29, 0.717) is 23.5 Å². The molecule has 2 heterocycles. The highest BCUT2D eigenvalue weighted by Crippen LogP contribution is 2.26. The van der Waals surface area contributed by atoms with Gasteiger partial charge in [0.1, 0.15) is 5.52 Å². The molecule has 0 atom stereocenters. The Morgan fingerprint density at radius 3 is 2.27 bits per heavy atom. The van der Waals surface area contributed by atoms with Crippen LogP contribution < -0.4 is 5.32 Å². The van der Waals surface area contributed by atoms with E-state index in [1.165, 1.54) is 17.5 Å². The largest absolute Gasteiger partial charge is 0.460 e. The first kappa shape index (κ1) is 21.0. The number of aromatic amines is 1. The fourth-order valence-corrected chi connectivity index (χ4v) is 3.25.